The Morgan fingerprint density at radius 1 is 1.38 bits per heavy atom. The van der Waals surface area contributed by atoms with Crippen molar-refractivity contribution < 1.29 is 9.94 Å². The van der Waals surface area contributed by atoms with Gasteiger partial charge in [0.15, 0.2) is 6.29 Å². The fourth-order valence-corrected chi connectivity index (χ4v) is 1.25. The van der Waals surface area contributed by atoms with Crippen LogP contribution in [0, 0.1) is 6.92 Å². The molecule has 0 amide bonds. The third-order valence-electron chi connectivity index (χ3n) is 2.14. The summed E-state index contributed by atoms with van der Waals surface area (Å²) >= 11 is 0. The van der Waals surface area contributed by atoms with Crippen molar-refractivity contribution in [2.24, 2.45) is 10.7 Å². The van der Waals surface area contributed by atoms with E-state index in [4.69, 9.17) is 15.7 Å². The maximum atomic E-state index is 9.16. The lowest BCUT2D eigenvalue weighted by Gasteiger charge is -2.21. The first-order valence-electron chi connectivity index (χ1n) is 4.88. The molecule has 1 aliphatic heterocycles. The molecular weight excluding hydrogens is 206 g/mol. The Kier molecular flexibility index (Phi) is 2.89. The van der Waals surface area contributed by atoms with Gasteiger partial charge in [-0.05, 0) is 19.1 Å². The zero-order valence-corrected chi connectivity index (χ0v) is 8.87. The van der Waals surface area contributed by atoms with E-state index in [1.165, 1.54) is 6.20 Å². The zero-order chi connectivity index (χ0) is 11.5. The van der Waals surface area contributed by atoms with Crippen molar-refractivity contribution in [3.05, 3.63) is 42.1 Å². The topological polar surface area (TPSA) is 71.1 Å². The molecular formula is C11H13N3O2. The second kappa shape index (κ2) is 4.34. The zero-order valence-electron chi connectivity index (χ0n) is 8.87. The van der Waals surface area contributed by atoms with Gasteiger partial charge in [-0.2, -0.15) is 0 Å². The summed E-state index contributed by atoms with van der Waals surface area (Å²) in [6.07, 6.45) is 2.13. The quantitative estimate of drug-likeness (QED) is 0.745. The molecule has 0 aromatic heterocycles. The summed E-state index contributed by atoms with van der Waals surface area (Å²) in [6, 6.07) is 7.59. The Morgan fingerprint density at radius 3 is 2.69 bits per heavy atom. The highest BCUT2D eigenvalue weighted by Gasteiger charge is 2.13. The van der Waals surface area contributed by atoms with E-state index in [-0.39, 0.29) is 0 Å². The fourth-order valence-electron chi connectivity index (χ4n) is 1.25. The Bertz CT molecular complexity index is 425. The van der Waals surface area contributed by atoms with Gasteiger partial charge >= 0.3 is 0 Å². The lowest BCUT2D eigenvalue weighted by Crippen LogP contribution is -2.38. The smallest absolute Gasteiger partial charge is 0.219 e. The molecule has 1 aromatic rings. The number of nitrogens with two attached hydrogens (primary N) is 1. The van der Waals surface area contributed by atoms with E-state index in [1.54, 1.807) is 6.08 Å². The molecule has 0 bridgehead atoms. The summed E-state index contributed by atoms with van der Waals surface area (Å²) in [5.41, 5.74) is 6.66. The molecule has 1 atom stereocenters. The number of benzene rings is 1. The molecule has 0 saturated heterocycles. The van der Waals surface area contributed by atoms with Crippen LogP contribution in [0.25, 0.3) is 0 Å². The van der Waals surface area contributed by atoms with Gasteiger partial charge in [0, 0.05) is 12.3 Å². The summed E-state index contributed by atoms with van der Waals surface area (Å²) in [5, 5.41) is 9.96. The Labute approximate surface area is 93.4 Å². The molecule has 84 valence electrons. The maximum absolute atomic E-state index is 9.16. The highest BCUT2D eigenvalue weighted by molar-refractivity contribution is 5.90. The van der Waals surface area contributed by atoms with E-state index in [2.05, 4.69) is 4.99 Å². The standard InChI is InChI=1S/C11H13N3O2/c1-8-2-4-9(5-3-8)16-10-6-7-14(15)11(12)13-10/h2-7,11,15H,12H2,1H3. The SMILES string of the molecule is Cc1ccc(OC2=NC(N)N(O)C=C2)cc1. The number of nitrogens with zero attached hydrogens (tertiary/aromatic N) is 2. The van der Waals surface area contributed by atoms with Gasteiger partial charge < -0.3 is 4.74 Å². The van der Waals surface area contributed by atoms with Gasteiger partial charge in [0.2, 0.25) is 5.90 Å². The minimum Gasteiger partial charge on any atom is -0.439 e. The molecule has 0 fully saturated rings. The number of aliphatic imine (C=N–C) groups is 1. The van der Waals surface area contributed by atoms with E-state index in [1.807, 2.05) is 31.2 Å². The van der Waals surface area contributed by atoms with Crippen LogP contribution in [-0.4, -0.2) is 22.5 Å². The van der Waals surface area contributed by atoms with E-state index in [0.717, 1.165) is 10.6 Å². The van der Waals surface area contributed by atoms with E-state index in [9.17, 15) is 0 Å². The number of hydrogen-bond donors (Lipinski definition) is 2. The third kappa shape index (κ3) is 2.39. The van der Waals surface area contributed by atoms with E-state index in [0.29, 0.717) is 11.6 Å². The number of rotatable bonds is 1. The van der Waals surface area contributed by atoms with Gasteiger partial charge in [0.1, 0.15) is 5.75 Å². The van der Waals surface area contributed by atoms with Crippen LogP contribution < -0.4 is 10.5 Å². The third-order valence-corrected chi connectivity index (χ3v) is 2.14. The highest BCUT2D eigenvalue weighted by Crippen LogP contribution is 2.13. The average Bonchev–Trinajstić information content (AvgIpc) is 2.27. The summed E-state index contributed by atoms with van der Waals surface area (Å²) in [4.78, 5) is 3.94. The average molecular weight is 219 g/mol. The van der Waals surface area contributed by atoms with Crippen LogP contribution in [0.4, 0.5) is 0 Å². The summed E-state index contributed by atoms with van der Waals surface area (Å²) < 4.78 is 5.47. The number of hydrogen-bond acceptors (Lipinski definition) is 5. The molecule has 0 aliphatic carbocycles. The van der Waals surface area contributed by atoms with Crippen LogP contribution in [0.3, 0.4) is 0 Å². The van der Waals surface area contributed by atoms with E-state index < -0.39 is 6.29 Å². The minimum absolute atomic E-state index is 0.377. The first-order chi connectivity index (χ1) is 7.65. The van der Waals surface area contributed by atoms with Crippen molar-refractivity contribution in [2.45, 2.75) is 13.2 Å². The molecule has 0 radical (unpaired) electrons. The summed E-state index contributed by atoms with van der Waals surface area (Å²) in [5.74, 6) is 1.06. The predicted molar refractivity (Wildman–Crippen MR) is 60.0 cm³/mol. The molecule has 0 spiro atoms. The van der Waals surface area contributed by atoms with Crippen LogP contribution >= 0.6 is 0 Å². The molecule has 1 unspecified atom stereocenters. The lowest BCUT2D eigenvalue weighted by atomic mass is 10.2. The first-order valence-corrected chi connectivity index (χ1v) is 4.88. The van der Waals surface area contributed by atoms with Crippen LogP contribution in [0.2, 0.25) is 0 Å². The van der Waals surface area contributed by atoms with Crippen LogP contribution in [0.5, 0.6) is 5.75 Å². The van der Waals surface area contributed by atoms with Gasteiger partial charge in [-0.1, -0.05) is 17.7 Å². The number of ether oxygens (including phenoxy) is 1. The van der Waals surface area contributed by atoms with Gasteiger partial charge in [-0.25, -0.2) is 10.1 Å². The Hall–Kier alpha value is -1.85. The summed E-state index contributed by atoms with van der Waals surface area (Å²) in [6.45, 7) is 2.00. The molecule has 5 heteroatoms. The van der Waals surface area contributed by atoms with Gasteiger partial charge in [-0.15, -0.1) is 0 Å². The van der Waals surface area contributed by atoms with Crippen molar-refractivity contribution in [3.63, 3.8) is 0 Å². The number of aryl methyl sites for hydroxylation is 1. The van der Waals surface area contributed by atoms with Crippen molar-refractivity contribution in [3.8, 4) is 5.75 Å². The molecule has 1 heterocycles. The Morgan fingerprint density at radius 2 is 2.06 bits per heavy atom. The van der Waals surface area contributed by atoms with Gasteiger partial charge in [-0.3, -0.25) is 10.9 Å². The molecule has 5 nitrogen and oxygen atoms in total. The largest absolute Gasteiger partial charge is 0.439 e. The van der Waals surface area contributed by atoms with Crippen molar-refractivity contribution >= 4 is 5.90 Å². The van der Waals surface area contributed by atoms with Crippen LogP contribution in [0.1, 0.15) is 5.56 Å². The molecule has 16 heavy (non-hydrogen) atoms. The summed E-state index contributed by atoms with van der Waals surface area (Å²) in [7, 11) is 0. The molecule has 3 N–H and O–H groups in total. The Balaban J connectivity index is 2.08. The van der Waals surface area contributed by atoms with E-state index >= 15 is 0 Å². The van der Waals surface area contributed by atoms with Crippen molar-refractivity contribution in [1.82, 2.24) is 5.06 Å². The predicted octanol–water partition coefficient (Wildman–Crippen LogP) is 1.23. The molecule has 2 rings (SSSR count). The molecule has 0 saturated carbocycles. The first kappa shape index (κ1) is 10.7. The second-order valence-electron chi connectivity index (χ2n) is 3.49. The van der Waals surface area contributed by atoms with Crippen molar-refractivity contribution in [2.75, 3.05) is 0 Å². The monoisotopic (exact) mass is 219 g/mol. The lowest BCUT2D eigenvalue weighted by molar-refractivity contribution is -0.0763. The van der Waals surface area contributed by atoms with Gasteiger partial charge in [0.05, 0.1) is 0 Å². The molecule has 1 aliphatic rings. The van der Waals surface area contributed by atoms with Crippen molar-refractivity contribution in [1.29, 1.82) is 0 Å². The van der Waals surface area contributed by atoms with Crippen LogP contribution in [0.15, 0.2) is 41.5 Å². The van der Waals surface area contributed by atoms with Crippen LogP contribution in [-0.2, 0) is 0 Å². The second-order valence-corrected chi connectivity index (χ2v) is 3.49. The number of hydroxylamine groups is 2. The normalized spacial score (nSPS) is 19.6. The molecule has 1 aromatic carbocycles. The fraction of sp³-hybridized carbons (Fsp3) is 0.182. The minimum atomic E-state index is -0.814. The van der Waals surface area contributed by atoms with Gasteiger partial charge in [0.25, 0.3) is 0 Å². The maximum Gasteiger partial charge on any atom is 0.219 e. The highest BCUT2D eigenvalue weighted by atomic mass is 16.5.